The van der Waals surface area contributed by atoms with Gasteiger partial charge in [-0.15, -0.1) is 0 Å². The van der Waals surface area contributed by atoms with E-state index in [1.54, 1.807) is 4.90 Å². The number of amides is 2. The first kappa shape index (κ1) is 31.4. The fourth-order valence-electron chi connectivity index (χ4n) is 6.58. The van der Waals surface area contributed by atoms with Crippen molar-refractivity contribution in [1.82, 2.24) is 14.4 Å². The Kier molecular flexibility index (Phi) is 7.92. The highest BCUT2D eigenvalue weighted by Crippen LogP contribution is 2.50. The number of carbonyl (C=O) groups is 2. The lowest BCUT2D eigenvalue weighted by Crippen LogP contribution is -2.66. The molecule has 0 bridgehead atoms. The van der Waals surface area contributed by atoms with Gasteiger partial charge in [0.05, 0.1) is 11.6 Å². The van der Waals surface area contributed by atoms with Crippen molar-refractivity contribution in [2.45, 2.75) is 97.2 Å². The molecule has 3 aromatic rings. The van der Waals surface area contributed by atoms with Crippen molar-refractivity contribution in [3.63, 3.8) is 0 Å². The lowest BCUT2D eigenvalue weighted by atomic mass is 9.62. The van der Waals surface area contributed by atoms with E-state index in [-0.39, 0.29) is 36.3 Å². The minimum Gasteiger partial charge on any atom is -0.490 e. The smallest absolute Gasteiger partial charge is 0.421 e. The monoisotopic (exact) mass is 635 g/mol. The van der Waals surface area contributed by atoms with Crippen LogP contribution in [0.15, 0.2) is 45.6 Å². The average molecular weight is 636 g/mol. The number of benzene rings is 2. The van der Waals surface area contributed by atoms with E-state index in [1.807, 2.05) is 69.0 Å². The molecule has 10 nitrogen and oxygen atoms in total. The maximum absolute atomic E-state index is 13.4. The second-order valence-corrected chi connectivity index (χ2v) is 20.9. The zero-order valence-electron chi connectivity index (χ0n) is 27.5. The summed E-state index contributed by atoms with van der Waals surface area (Å²) in [5.41, 5.74) is 3.31. The Morgan fingerprint density at radius 2 is 1.80 bits per heavy atom. The number of nitrogens with zero attached hydrogens (tertiary/aromatic N) is 3. The maximum Gasteiger partial charge on any atom is 0.421 e. The van der Waals surface area contributed by atoms with Gasteiger partial charge in [0.25, 0.3) is 5.91 Å². The van der Waals surface area contributed by atoms with Crippen LogP contribution >= 0.6 is 0 Å². The van der Waals surface area contributed by atoms with Crippen molar-refractivity contribution in [2.75, 3.05) is 19.7 Å². The molecule has 11 heteroatoms. The number of oxazole rings is 1. The molecule has 1 atom stereocenters. The number of likely N-dealkylation sites (tertiary alicyclic amines) is 1. The molecule has 2 aliphatic heterocycles. The number of hydrogen-bond acceptors (Lipinski definition) is 7. The highest BCUT2D eigenvalue weighted by Gasteiger charge is 2.55. The highest BCUT2D eigenvalue weighted by molar-refractivity contribution is 6.76. The van der Waals surface area contributed by atoms with Crippen molar-refractivity contribution in [2.24, 2.45) is 5.41 Å². The quantitative estimate of drug-likeness (QED) is 0.198. The summed E-state index contributed by atoms with van der Waals surface area (Å²) < 4.78 is 24.6. The number of hydrogen-bond donors (Lipinski definition) is 0. The van der Waals surface area contributed by atoms with Crippen molar-refractivity contribution in [3.05, 3.63) is 63.6 Å². The van der Waals surface area contributed by atoms with Gasteiger partial charge in [0.1, 0.15) is 24.2 Å². The SMILES string of the molecule is CC1c2cc(OC3CC4(C3)CN(C(=O)OC(C)(C)C)C4)ccc2C(=O)N1Cc1ccc2c(c1)oc(=O)n2COCC[Si](C)(C)C. The molecular formula is C34H45N3O7Si. The van der Waals surface area contributed by atoms with E-state index in [0.29, 0.717) is 42.9 Å². The lowest BCUT2D eigenvalue weighted by Gasteiger charge is -2.58. The Morgan fingerprint density at radius 3 is 2.49 bits per heavy atom. The van der Waals surface area contributed by atoms with Crippen molar-refractivity contribution >= 4 is 31.2 Å². The molecule has 1 spiro atoms. The van der Waals surface area contributed by atoms with Gasteiger partial charge in [-0.2, -0.15) is 0 Å². The first-order valence-corrected chi connectivity index (χ1v) is 19.6. The highest BCUT2D eigenvalue weighted by atomic mass is 28.3. The average Bonchev–Trinajstić information content (AvgIpc) is 3.33. The lowest BCUT2D eigenvalue weighted by molar-refractivity contribution is -0.116. The molecule has 2 aromatic carbocycles. The van der Waals surface area contributed by atoms with Gasteiger partial charge in [0.2, 0.25) is 0 Å². The normalized spacial score (nSPS) is 19.5. The first-order valence-electron chi connectivity index (χ1n) is 15.9. The van der Waals surface area contributed by atoms with Gasteiger partial charge >= 0.3 is 11.8 Å². The largest absolute Gasteiger partial charge is 0.490 e. The summed E-state index contributed by atoms with van der Waals surface area (Å²) in [7, 11) is -1.22. The van der Waals surface area contributed by atoms with E-state index >= 15 is 0 Å². The predicted molar refractivity (Wildman–Crippen MR) is 173 cm³/mol. The van der Waals surface area contributed by atoms with E-state index < -0.39 is 19.4 Å². The Labute approximate surface area is 265 Å². The molecule has 3 heterocycles. The van der Waals surface area contributed by atoms with Crippen LogP contribution in [-0.2, 0) is 22.7 Å². The molecule has 6 rings (SSSR count). The Bertz CT molecular complexity index is 1670. The summed E-state index contributed by atoms with van der Waals surface area (Å²) in [6.07, 6.45) is 1.64. The minimum atomic E-state index is -1.22. The number of ether oxygens (including phenoxy) is 3. The van der Waals surface area contributed by atoms with E-state index in [4.69, 9.17) is 18.6 Å². The Balaban J connectivity index is 1.05. The third-order valence-corrected chi connectivity index (χ3v) is 10.8. The molecule has 1 aromatic heterocycles. The van der Waals surface area contributed by atoms with Crippen molar-refractivity contribution in [1.29, 1.82) is 0 Å². The minimum absolute atomic E-state index is 0.0294. The molecule has 3 aliphatic rings. The molecule has 2 fully saturated rings. The molecular weight excluding hydrogens is 590 g/mol. The number of carbonyl (C=O) groups excluding carboxylic acids is 2. The van der Waals surface area contributed by atoms with Gasteiger partial charge in [0, 0.05) is 45.3 Å². The van der Waals surface area contributed by atoms with Crippen LogP contribution in [0.25, 0.3) is 11.1 Å². The molecule has 0 N–H and O–H groups in total. The summed E-state index contributed by atoms with van der Waals surface area (Å²) in [5, 5.41) is 0. The third-order valence-electron chi connectivity index (χ3n) is 9.06. The summed E-state index contributed by atoms with van der Waals surface area (Å²) in [4.78, 5) is 41.9. The van der Waals surface area contributed by atoms with E-state index in [1.165, 1.54) is 4.57 Å². The second kappa shape index (κ2) is 11.3. The van der Waals surface area contributed by atoms with Crippen molar-refractivity contribution in [3.8, 4) is 5.75 Å². The molecule has 1 aliphatic carbocycles. The van der Waals surface area contributed by atoms with Crippen LogP contribution in [0.1, 0.15) is 68.1 Å². The van der Waals surface area contributed by atoms with Crippen LogP contribution in [0.5, 0.6) is 5.75 Å². The van der Waals surface area contributed by atoms with Gasteiger partial charge in [0.15, 0.2) is 5.58 Å². The van der Waals surface area contributed by atoms with E-state index in [9.17, 15) is 14.4 Å². The molecule has 242 valence electrons. The standard InChI is InChI=1S/C34H45N3O7Si/c1-22-27-15-24(42-25-16-34(17-25)19-35(20-34)31(39)44-33(2,3)4)9-10-26(27)30(38)36(22)18-23-8-11-28-29(14-23)43-32(40)37(28)21-41-12-13-45(5,6)7/h8-11,14-15,22,25H,12-13,16-21H2,1-7H3. The second-order valence-electron chi connectivity index (χ2n) is 15.3. The van der Waals surface area contributed by atoms with Crippen molar-refractivity contribution < 1.29 is 28.2 Å². The molecule has 1 saturated carbocycles. The number of aromatic nitrogens is 1. The zero-order chi connectivity index (χ0) is 32.3. The van der Waals surface area contributed by atoms with Crippen LogP contribution in [0.3, 0.4) is 0 Å². The third kappa shape index (κ3) is 6.56. The topological polar surface area (TPSA) is 103 Å². The van der Waals surface area contributed by atoms with E-state index in [2.05, 4.69) is 19.6 Å². The van der Waals surface area contributed by atoms with Crippen LogP contribution in [-0.4, -0.2) is 65.8 Å². The molecule has 0 radical (unpaired) electrons. The Hall–Kier alpha value is -3.57. The van der Waals surface area contributed by atoms with E-state index in [0.717, 1.165) is 35.8 Å². The van der Waals surface area contributed by atoms with Crippen LogP contribution in [0.4, 0.5) is 4.79 Å². The fourth-order valence-corrected chi connectivity index (χ4v) is 7.34. The van der Waals surface area contributed by atoms with Crippen LogP contribution in [0, 0.1) is 5.41 Å². The predicted octanol–water partition coefficient (Wildman–Crippen LogP) is 6.40. The first-order chi connectivity index (χ1) is 21.1. The molecule has 1 saturated heterocycles. The van der Waals surface area contributed by atoms with Gasteiger partial charge in [-0.25, -0.2) is 14.2 Å². The number of fused-ring (bicyclic) bond motifs is 2. The van der Waals surface area contributed by atoms with Gasteiger partial charge in [-0.3, -0.25) is 4.79 Å². The van der Waals surface area contributed by atoms with Gasteiger partial charge in [-0.05, 0) is 88.0 Å². The summed E-state index contributed by atoms with van der Waals surface area (Å²) in [6.45, 7) is 17.1. The molecule has 2 amide bonds. The number of rotatable bonds is 9. The molecule has 45 heavy (non-hydrogen) atoms. The fraction of sp³-hybridized carbons (Fsp3) is 0.559. The van der Waals surface area contributed by atoms with Crippen LogP contribution < -0.4 is 10.5 Å². The van der Waals surface area contributed by atoms with Crippen LogP contribution in [0.2, 0.25) is 25.7 Å². The summed E-state index contributed by atoms with van der Waals surface area (Å²) in [5.74, 6) is 0.282. The Morgan fingerprint density at radius 1 is 1.07 bits per heavy atom. The van der Waals surface area contributed by atoms with Gasteiger partial charge < -0.3 is 28.4 Å². The summed E-state index contributed by atoms with van der Waals surface area (Å²) in [6, 6.07) is 12.2. The zero-order valence-corrected chi connectivity index (χ0v) is 28.5. The molecule has 1 unspecified atom stereocenters. The summed E-state index contributed by atoms with van der Waals surface area (Å²) >= 11 is 0. The van der Waals surface area contributed by atoms with Gasteiger partial charge in [-0.1, -0.05) is 25.7 Å². The maximum atomic E-state index is 13.4.